The first-order chi connectivity index (χ1) is 12.2. The molecule has 0 fully saturated rings. The van der Waals surface area contributed by atoms with Gasteiger partial charge in [0, 0.05) is 41.9 Å². The Kier molecular flexibility index (Phi) is 5.28. The van der Waals surface area contributed by atoms with Crippen molar-refractivity contribution in [2.75, 3.05) is 23.3 Å². The van der Waals surface area contributed by atoms with Crippen LogP contribution in [0, 0.1) is 0 Å². The van der Waals surface area contributed by atoms with Gasteiger partial charge in [0.2, 0.25) is 0 Å². The van der Waals surface area contributed by atoms with E-state index in [1.165, 1.54) is 6.33 Å². The molecule has 0 aliphatic rings. The fourth-order valence-corrected chi connectivity index (χ4v) is 2.85. The van der Waals surface area contributed by atoms with E-state index >= 15 is 0 Å². The van der Waals surface area contributed by atoms with E-state index in [-0.39, 0.29) is 5.91 Å². The minimum atomic E-state index is -0.230. The molecule has 0 saturated carbocycles. The Morgan fingerprint density at radius 1 is 1.12 bits per heavy atom. The quantitative estimate of drug-likeness (QED) is 0.687. The highest BCUT2D eigenvalue weighted by molar-refractivity contribution is 6.04. The van der Waals surface area contributed by atoms with Gasteiger partial charge in [0.1, 0.15) is 17.8 Å². The Hall–Kier alpha value is -2.89. The van der Waals surface area contributed by atoms with Crippen molar-refractivity contribution in [3.63, 3.8) is 0 Å². The molecule has 2 aromatic heterocycles. The summed E-state index contributed by atoms with van der Waals surface area (Å²) < 4.78 is 0. The number of benzene rings is 1. The lowest BCUT2D eigenvalue weighted by atomic mass is 10.2. The highest BCUT2D eigenvalue weighted by atomic mass is 16.1. The van der Waals surface area contributed by atoms with Gasteiger partial charge in [0.25, 0.3) is 5.91 Å². The molecule has 2 N–H and O–H groups in total. The summed E-state index contributed by atoms with van der Waals surface area (Å²) in [6.07, 6.45) is 5.39. The van der Waals surface area contributed by atoms with Crippen LogP contribution in [-0.4, -0.2) is 33.9 Å². The van der Waals surface area contributed by atoms with Gasteiger partial charge in [-0.15, -0.1) is 0 Å². The predicted molar refractivity (Wildman–Crippen MR) is 101 cm³/mol. The summed E-state index contributed by atoms with van der Waals surface area (Å²) in [7, 11) is 0. The summed E-state index contributed by atoms with van der Waals surface area (Å²) in [5, 5.41) is 3.96. The molecule has 1 aromatic carbocycles. The van der Waals surface area contributed by atoms with Gasteiger partial charge < -0.3 is 15.2 Å². The van der Waals surface area contributed by atoms with E-state index < -0.39 is 0 Å². The van der Waals surface area contributed by atoms with E-state index in [1.54, 1.807) is 6.07 Å². The SMILES string of the molecule is CCCN(CCC)c1cc(C(=O)Nc2ccc3[nH]ccc3c2)ncn1. The van der Waals surface area contributed by atoms with E-state index in [1.807, 2.05) is 30.5 Å². The topological polar surface area (TPSA) is 73.9 Å². The predicted octanol–water partition coefficient (Wildman–Crippen LogP) is 3.84. The monoisotopic (exact) mass is 337 g/mol. The number of nitrogens with zero attached hydrogens (tertiary/aromatic N) is 3. The number of aromatic nitrogens is 3. The van der Waals surface area contributed by atoms with Crippen LogP contribution in [0.4, 0.5) is 11.5 Å². The molecule has 0 aliphatic carbocycles. The van der Waals surface area contributed by atoms with Crippen LogP contribution in [0.15, 0.2) is 42.9 Å². The van der Waals surface area contributed by atoms with Crippen molar-refractivity contribution >= 4 is 28.3 Å². The average Bonchev–Trinajstić information content (AvgIpc) is 3.09. The van der Waals surface area contributed by atoms with Gasteiger partial charge in [-0.1, -0.05) is 13.8 Å². The largest absolute Gasteiger partial charge is 0.361 e. The number of hydrogen-bond acceptors (Lipinski definition) is 4. The Bertz CT molecular complexity index is 852. The first kappa shape index (κ1) is 17.0. The molecule has 3 rings (SSSR count). The second-order valence-electron chi connectivity index (χ2n) is 5.98. The third-order valence-corrected chi connectivity index (χ3v) is 4.01. The maximum Gasteiger partial charge on any atom is 0.274 e. The highest BCUT2D eigenvalue weighted by Gasteiger charge is 2.13. The zero-order chi connectivity index (χ0) is 17.6. The zero-order valence-corrected chi connectivity index (χ0v) is 14.6. The van der Waals surface area contributed by atoms with Crippen LogP contribution in [0.1, 0.15) is 37.2 Å². The number of fused-ring (bicyclic) bond motifs is 1. The number of carbonyl (C=O) groups excluding carboxylic acids is 1. The molecule has 6 nitrogen and oxygen atoms in total. The lowest BCUT2D eigenvalue weighted by Gasteiger charge is -2.22. The number of amides is 1. The molecule has 0 atom stereocenters. The standard InChI is InChI=1S/C19H23N5O/c1-3-9-24(10-4-2)18-12-17(21-13-22-18)19(25)23-15-5-6-16-14(11-15)7-8-20-16/h5-8,11-13,20H,3-4,9-10H2,1-2H3,(H,23,25). The molecule has 0 bridgehead atoms. The summed E-state index contributed by atoms with van der Waals surface area (Å²) in [6, 6.07) is 9.49. The molecule has 0 saturated heterocycles. The van der Waals surface area contributed by atoms with E-state index in [4.69, 9.17) is 0 Å². The average molecular weight is 337 g/mol. The van der Waals surface area contributed by atoms with Crippen LogP contribution in [0.25, 0.3) is 10.9 Å². The summed E-state index contributed by atoms with van der Waals surface area (Å²) in [6.45, 7) is 6.09. The Morgan fingerprint density at radius 2 is 1.92 bits per heavy atom. The number of hydrogen-bond donors (Lipinski definition) is 2. The van der Waals surface area contributed by atoms with Gasteiger partial charge in [0.05, 0.1) is 0 Å². The van der Waals surface area contributed by atoms with Crippen molar-refractivity contribution in [3.05, 3.63) is 48.5 Å². The van der Waals surface area contributed by atoms with Crippen molar-refractivity contribution < 1.29 is 4.79 Å². The van der Waals surface area contributed by atoms with Gasteiger partial charge in [-0.05, 0) is 37.1 Å². The Labute approximate surface area is 147 Å². The Balaban J connectivity index is 1.78. The molecule has 0 spiro atoms. The van der Waals surface area contributed by atoms with Crippen molar-refractivity contribution in [3.8, 4) is 0 Å². The fraction of sp³-hybridized carbons (Fsp3) is 0.316. The van der Waals surface area contributed by atoms with Crippen molar-refractivity contribution in [2.24, 2.45) is 0 Å². The molecule has 0 aliphatic heterocycles. The molecular formula is C19H23N5O. The molecule has 0 radical (unpaired) electrons. The second-order valence-corrected chi connectivity index (χ2v) is 5.98. The van der Waals surface area contributed by atoms with E-state index in [2.05, 4.69) is 39.0 Å². The molecule has 6 heteroatoms. The minimum absolute atomic E-state index is 0.230. The van der Waals surface area contributed by atoms with Crippen LogP contribution in [0.3, 0.4) is 0 Å². The first-order valence-corrected chi connectivity index (χ1v) is 8.66. The maximum atomic E-state index is 12.6. The molecule has 2 heterocycles. The van der Waals surface area contributed by atoms with Gasteiger partial charge in [-0.2, -0.15) is 0 Å². The summed E-state index contributed by atoms with van der Waals surface area (Å²) in [5.41, 5.74) is 2.16. The number of anilines is 2. The third kappa shape index (κ3) is 3.96. The lowest BCUT2D eigenvalue weighted by molar-refractivity contribution is 0.102. The second kappa shape index (κ2) is 7.79. The number of carbonyl (C=O) groups is 1. The summed E-state index contributed by atoms with van der Waals surface area (Å²) in [4.78, 5) is 26.3. The van der Waals surface area contributed by atoms with Gasteiger partial charge in [0.15, 0.2) is 0 Å². The minimum Gasteiger partial charge on any atom is -0.361 e. The normalized spacial score (nSPS) is 10.8. The van der Waals surface area contributed by atoms with Crippen molar-refractivity contribution in [1.82, 2.24) is 15.0 Å². The molecule has 3 aromatic rings. The smallest absolute Gasteiger partial charge is 0.274 e. The molecule has 25 heavy (non-hydrogen) atoms. The van der Waals surface area contributed by atoms with E-state index in [0.717, 1.165) is 48.3 Å². The summed E-state index contributed by atoms with van der Waals surface area (Å²) >= 11 is 0. The molecular weight excluding hydrogens is 314 g/mol. The Morgan fingerprint density at radius 3 is 2.68 bits per heavy atom. The lowest BCUT2D eigenvalue weighted by Crippen LogP contribution is -2.26. The number of aromatic amines is 1. The number of H-pyrrole nitrogens is 1. The van der Waals surface area contributed by atoms with Gasteiger partial charge in [-0.25, -0.2) is 9.97 Å². The van der Waals surface area contributed by atoms with Crippen LogP contribution < -0.4 is 10.2 Å². The van der Waals surface area contributed by atoms with Crippen LogP contribution in [0.2, 0.25) is 0 Å². The fourth-order valence-electron chi connectivity index (χ4n) is 2.85. The van der Waals surface area contributed by atoms with Gasteiger partial charge in [-0.3, -0.25) is 4.79 Å². The molecule has 0 unspecified atom stereocenters. The first-order valence-electron chi connectivity index (χ1n) is 8.66. The zero-order valence-electron chi connectivity index (χ0n) is 14.6. The maximum absolute atomic E-state index is 12.6. The van der Waals surface area contributed by atoms with Crippen molar-refractivity contribution in [1.29, 1.82) is 0 Å². The van der Waals surface area contributed by atoms with Crippen LogP contribution in [-0.2, 0) is 0 Å². The number of rotatable bonds is 7. The molecule has 130 valence electrons. The van der Waals surface area contributed by atoms with Crippen LogP contribution >= 0.6 is 0 Å². The van der Waals surface area contributed by atoms with E-state index in [0.29, 0.717) is 5.69 Å². The van der Waals surface area contributed by atoms with Crippen LogP contribution in [0.5, 0.6) is 0 Å². The summed E-state index contributed by atoms with van der Waals surface area (Å²) in [5.74, 6) is 0.566. The number of nitrogens with one attached hydrogen (secondary N) is 2. The molecule has 1 amide bonds. The van der Waals surface area contributed by atoms with Crippen molar-refractivity contribution in [2.45, 2.75) is 26.7 Å². The van der Waals surface area contributed by atoms with E-state index in [9.17, 15) is 4.79 Å². The van der Waals surface area contributed by atoms with Gasteiger partial charge >= 0.3 is 0 Å². The highest BCUT2D eigenvalue weighted by Crippen LogP contribution is 2.19. The third-order valence-electron chi connectivity index (χ3n) is 4.01.